The number of phenols is 2. The summed E-state index contributed by atoms with van der Waals surface area (Å²) in [6, 6.07) is 14.1. The maximum absolute atomic E-state index is 10.3. The Balaban J connectivity index is 2.45. The molecule has 18 heavy (non-hydrogen) atoms. The van der Waals surface area contributed by atoms with Crippen molar-refractivity contribution >= 4 is 32.6 Å². The minimum Gasteiger partial charge on any atom is -0.507 e. The van der Waals surface area contributed by atoms with Crippen LogP contribution in [0.3, 0.4) is 0 Å². The molecule has 0 atom stereocenters. The van der Waals surface area contributed by atoms with Gasteiger partial charge in [-0.2, -0.15) is 0 Å². The third-order valence-corrected chi connectivity index (χ3v) is 3.65. The number of benzene rings is 3. The fraction of sp³-hybridized carbons (Fsp3) is 0.0625. The average molecular weight is 233 g/mol. The molecule has 4 aromatic rings. The van der Waals surface area contributed by atoms with Gasteiger partial charge >= 0.3 is 0 Å². The van der Waals surface area contributed by atoms with Crippen molar-refractivity contribution in [3.63, 3.8) is 0 Å². The van der Waals surface area contributed by atoms with Crippen LogP contribution in [-0.2, 0) is 0 Å². The van der Waals surface area contributed by atoms with Crippen LogP contribution in [0.1, 0.15) is 5.56 Å². The quantitative estimate of drug-likeness (QED) is 0.498. The maximum atomic E-state index is 10.3. The summed E-state index contributed by atoms with van der Waals surface area (Å²) in [6.07, 6.45) is 0. The predicted octanol–water partition coefficient (Wildman–Crippen LogP) is 3.99. The number of fused-ring (bicyclic) bond motifs is 8. The Hall–Kier alpha value is -2.35. The van der Waals surface area contributed by atoms with Gasteiger partial charge in [-0.3, -0.25) is 0 Å². The molecule has 0 aliphatic rings. The average Bonchev–Trinajstić information content (AvgIpc) is 2.37. The highest BCUT2D eigenvalue weighted by atomic mass is 16.3. The Morgan fingerprint density at radius 2 is 1.72 bits per heavy atom. The molecule has 0 aliphatic carbocycles. The van der Waals surface area contributed by atoms with Gasteiger partial charge in [-0.15, -0.1) is 0 Å². The predicted molar refractivity (Wildman–Crippen MR) is 74.3 cm³/mol. The van der Waals surface area contributed by atoms with Crippen molar-refractivity contribution in [1.29, 1.82) is 0 Å². The summed E-state index contributed by atoms with van der Waals surface area (Å²) in [6.45, 7) is 2.03. The van der Waals surface area contributed by atoms with Gasteiger partial charge in [-0.1, -0.05) is 24.3 Å². The van der Waals surface area contributed by atoms with Gasteiger partial charge in [0.1, 0.15) is 5.75 Å². The first-order valence-corrected chi connectivity index (χ1v) is 5.99. The number of para-hydroxylation sites is 1. The summed E-state index contributed by atoms with van der Waals surface area (Å²) in [5.74, 6) is 0.362. The molecule has 2 heteroatoms. The van der Waals surface area contributed by atoms with Gasteiger partial charge in [0.2, 0.25) is 0 Å². The van der Waals surface area contributed by atoms with Crippen molar-refractivity contribution in [2.24, 2.45) is 0 Å². The Morgan fingerprint density at radius 3 is 2.61 bits per heavy atom. The molecule has 0 amide bonds. The van der Waals surface area contributed by atoms with Crippen LogP contribution in [0.15, 0.2) is 42.5 Å². The second-order valence-electron chi connectivity index (χ2n) is 4.73. The maximum Gasteiger partial charge on any atom is 0.133 e. The van der Waals surface area contributed by atoms with E-state index in [-0.39, 0.29) is 0 Å². The van der Waals surface area contributed by atoms with E-state index in [1.807, 2.05) is 37.3 Å². The summed E-state index contributed by atoms with van der Waals surface area (Å²) >= 11 is 0. The lowest BCUT2D eigenvalue weighted by molar-refractivity contribution is 0.487. The topological polar surface area (TPSA) is 33.1 Å². The zero-order valence-corrected chi connectivity index (χ0v) is 9.94. The minimum atomic E-state index is 0.362. The summed E-state index contributed by atoms with van der Waals surface area (Å²) in [4.78, 5) is 4.61. The molecule has 0 spiro atoms. The highest BCUT2D eigenvalue weighted by Gasteiger charge is 2.13. The summed E-state index contributed by atoms with van der Waals surface area (Å²) < 4.78 is 0. The lowest BCUT2D eigenvalue weighted by Crippen LogP contribution is -1.89. The summed E-state index contributed by atoms with van der Waals surface area (Å²) in [5.41, 5.74) is 2.93. The first-order valence-electron chi connectivity index (χ1n) is 5.99. The Bertz CT molecular complexity index is 896. The molecule has 0 fully saturated rings. The van der Waals surface area contributed by atoms with E-state index in [1.165, 1.54) is 0 Å². The molecule has 0 aliphatic heterocycles. The third kappa shape index (κ3) is 1.05. The first kappa shape index (κ1) is 9.66. The van der Waals surface area contributed by atoms with E-state index in [0.29, 0.717) is 5.75 Å². The normalized spacial score (nSPS) is 11.8. The van der Waals surface area contributed by atoms with Crippen LogP contribution >= 0.6 is 0 Å². The molecule has 86 valence electrons. The highest BCUT2D eigenvalue weighted by Crippen LogP contribution is 2.39. The van der Waals surface area contributed by atoms with Gasteiger partial charge in [0, 0.05) is 16.2 Å². The molecule has 1 N–H and O–H groups in total. The van der Waals surface area contributed by atoms with Crippen molar-refractivity contribution in [2.45, 2.75) is 6.92 Å². The van der Waals surface area contributed by atoms with Crippen LogP contribution in [0.4, 0.5) is 0 Å². The number of hydrogen-bond acceptors (Lipinski definition) is 2. The van der Waals surface area contributed by atoms with Crippen LogP contribution in [0.5, 0.6) is 5.75 Å². The second kappa shape index (κ2) is 3.10. The van der Waals surface area contributed by atoms with Crippen LogP contribution in [0.2, 0.25) is 0 Å². The Labute approximate surface area is 104 Å². The summed E-state index contributed by atoms with van der Waals surface area (Å²) in [7, 11) is 0. The number of aromatic hydroxyl groups is 1. The number of pyridine rings is 1. The highest BCUT2D eigenvalue weighted by molar-refractivity contribution is 6.16. The van der Waals surface area contributed by atoms with E-state index in [4.69, 9.17) is 0 Å². The van der Waals surface area contributed by atoms with E-state index >= 15 is 0 Å². The van der Waals surface area contributed by atoms with Crippen molar-refractivity contribution in [3.05, 3.63) is 48.0 Å². The van der Waals surface area contributed by atoms with Crippen LogP contribution < -0.4 is 0 Å². The molecule has 4 bridgehead atoms. The fourth-order valence-corrected chi connectivity index (χ4v) is 2.76. The fourth-order valence-electron chi connectivity index (χ4n) is 2.76. The zero-order chi connectivity index (χ0) is 12.3. The van der Waals surface area contributed by atoms with Crippen LogP contribution in [0, 0.1) is 6.92 Å². The molecule has 3 aromatic carbocycles. The van der Waals surface area contributed by atoms with Crippen molar-refractivity contribution in [2.75, 3.05) is 0 Å². The lowest BCUT2D eigenvalue weighted by Gasteiger charge is -2.12. The minimum absolute atomic E-state index is 0.362. The van der Waals surface area contributed by atoms with Gasteiger partial charge in [0.25, 0.3) is 0 Å². The van der Waals surface area contributed by atoms with Gasteiger partial charge < -0.3 is 5.11 Å². The molecule has 0 saturated heterocycles. The molecule has 1 aromatic heterocycles. The van der Waals surface area contributed by atoms with Crippen molar-refractivity contribution in [3.8, 4) is 5.75 Å². The van der Waals surface area contributed by atoms with Gasteiger partial charge in [-0.05, 0) is 36.1 Å². The summed E-state index contributed by atoms with van der Waals surface area (Å²) in [5, 5.41) is 14.3. The Morgan fingerprint density at radius 1 is 0.889 bits per heavy atom. The van der Waals surface area contributed by atoms with Gasteiger partial charge in [0.05, 0.1) is 11.0 Å². The third-order valence-electron chi connectivity index (χ3n) is 3.65. The standard InChI is InChI=1S/C16H11NO/c1-9-6-7-11-14-8-12(15(9)16(11)18)10-4-2-3-5-13(10)17-14/h2-8,18H,1H3. The Kier molecular flexibility index (Phi) is 1.67. The monoisotopic (exact) mass is 233 g/mol. The molecular weight excluding hydrogens is 222 g/mol. The number of hydrogen-bond donors (Lipinski definition) is 1. The van der Waals surface area contributed by atoms with E-state index in [0.717, 1.165) is 38.1 Å². The molecule has 2 nitrogen and oxygen atoms in total. The van der Waals surface area contributed by atoms with Crippen molar-refractivity contribution < 1.29 is 5.11 Å². The smallest absolute Gasteiger partial charge is 0.133 e. The molecule has 0 radical (unpaired) electrons. The van der Waals surface area contributed by atoms with E-state index in [2.05, 4.69) is 17.1 Å². The molecular formula is C16H11NO. The second-order valence-corrected chi connectivity index (χ2v) is 4.73. The number of nitrogens with zero attached hydrogens (tertiary/aromatic N) is 1. The lowest BCUT2D eigenvalue weighted by atomic mass is 9.96. The number of phenolic OH excluding ortho intramolecular Hbond substituents is 1. The van der Waals surface area contributed by atoms with Crippen LogP contribution in [0.25, 0.3) is 32.6 Å². The molecule has 0 unspecified atom stereocenters. The van der Waals surface area contributed by atoms with E-state index < -0.39 is 0 Å². The first-order chi connectivity index (χ1) is 8.75. The number of aryl methyl sites for hydroxylation is 1. The molecule has 1 heterocycles. The van der Waals surface area contributed by atoms with Gasteiger partial charge in [0.15, 0.2) is 0 Å². The van der Waals surface area contributed by atoms with Crippen LogP contribution in [-0.4, -0.2) is 10.1 Å². The number of aromatic nitrogens is 1. The van der Waals surface area contributed by atoms with E-state index in [1.54, 1.807) is 0 Å². The van der Waals surface area contributed by atoms with Gasteiger partial charge in [-0.25, -0.2) is 4.98 Å². The van der Waals surface area contributed by atoms with Crippen molar-refractivity contribution in [1.82, 2.24) is 4.98 Å². The van der Waals surface area contributed by atoms with E-state index in [9.17, 15) is 5.11 Å². The zero-order valence-electron chi connectivity index (χ0n) is 9.94. The number of rotatable bonds is 0. The largest absolute Gasteiger partial charge is 0.507 e. The molecule has 4 rings (SSSR count). The SMILES string of the molecule is Cc1ccc2c(O)c1c1cc2nc2ccccc21. The molecule has 0 saturated carbocycles.